The summed E-state index contributed by atoms with van der Waals surface area (Å²) in [5.74, 6) is -0.256. The number of esters is 2. The lowest BCUT2D eigenvalue weighted by molar-refractivity contribution is -0.161. The van der Waals surface area contributed by atoms with E-state index in [0.717, 1.165) is 50.9 Å². The molecule has 0 saturated heterocycles. The molecule has 316 valence electrons. The van der Waals surface area contributed by atoms with Gasteiger partial charge in [0, 0.05) is 12.8 Å². The molecule has 0 aliphatic carbocycles. The number of aliphatic hydroxyl groups excluding tert-OH is 3. The summed E-state index contributed by atoms with van der Waals surface area (Å²) in [5, 5.41) is 28.1. The molecule has 11 nitrogen and oxygen atoms in total. The Balaban J connectivity index is 4.50. The van der Waals surface area contributed by atoms with Crippen molar-refractivity contribution in [2.75, 3.05) is 26.4 Å². The number of phosphoric ester groups is 1. The zero-order valence-electron chi connectivity index (χ0n) is 33.9. The molecule has 3 unspecified atom stereocenters. The number of aliphatic hydroxyl groups is 3. The molecule has 55 heavy (non-hydrogen) atoms. The van der Waals surface area contributed by atoms with Crippen molar-refractivity contribution in [1.29, 1.82) is 0 Å². The molecule has 0 heterocycles. The fourth-order valence-corrected chi connectivity index (χ4v) is 5.75. The second kappa shape index (κ2) is 37.0. The minimum atomic E-state index is -4.64. The summed E-state index contributed by atoms with van der Waals surface area (Å²) >= 11 is 0. The SMILES string of the molecule is CC/C=C\CC(O)/C=C/C=C/C/C=C\C/C=C\C/C=C\CCC(=O)OC[C@H](COP(=O)(O)OC[C@@H](O)CO)OC(=O)CCCCCCCCCCC(C)CC. The highest BCUT2D eigenvalue weighted by atomic mass is 31.2. The maximum absolute atomic E-state index is 12.6. The quantitative estimate of drug-likeness (QED) is 0.0157. The van der Waals surface area contributed by atoms with Crippen molar-refractivity contribution in [3.8, 4) is 0 Å². The molecule has 0 aromatic rings. The lowest BCUT2D eigenvalue weighted by Crippen LogP contribution is -2.29. The minimum Gasteiger partial charge on any atom is -0.462 e. The van der Waals surface area contributed by atoms with Gasteiger partial charge in [0.05, 0.1) is 25.9 Å². The van der Waals surface area contributed by atoms with Gasteiger partial charge in [-0.05, 0) is 50.9 Å². The Morgan fingerprint density at radius 1 is 0.691 bits per heavy atom. The Morgan fingerprint density at radius 2 is 1.29 bits per heavy atom. The monoisotopic (exact) mass is 796 g/mol. The van der Waals surface area contributed by atoms with Crippen LogP contribution in [-0.4, -0.2) is 76.9 Å². The summed E-state index contributed by atoms with van der Waals surface area (Å²) in [5.41, 5.74) is 0. The highest BCUT2D eigenvalue weighted by molar-refractivity contribution is 7.47. The molecule has 0 aromatic heterocycles. The summed E-state index contributed by atoms with van der Waals surface area (Å²) < 4.78 is 32.5. The molecule has 0 bridgehead atoms. The van der Waals surface area contributed by atoms with Gasteiger partial charge in [0.1, 0.15) is 12.7 Å². The third-order valence-corrected chi connectivity index (χ3v) is 9.46. The lowest BCUT2D eigenvalue weighted by atomic mass is 9.99. The average Bonchev–Trinajstić information content (AvgIpc) is 3.17. The van der Waals surface area contributed by atoms with Crippen molar-refractivity contribution < 1.29 is 52.9 Å². The third-order valence-electron chi connectivity index (χ3n) is 8.51. The van der Waals surface area contributed by atoms with Gasteiger partial charge < -0.3 is 29.7 Å². The van der Waals surface area contributed by atoms with E-state index in [0.29, 0.717) is 19.3 Å². The van der Waals surface area contributed by atoms with Crippen LogP contribution in [0.4, 0.5) is 0 Å². The van der Waals surface area contributed by atoms with E-state index in [2.05, 4.69) is 43.5 Å². The number of carbonyl (C=O) groups is 2. The molecule has 0 aromatic carbocycles. The highest BCUT2D eigenvalue weighted by Crippen LogP contribution is 2.43. The van der Waals surface area contributed by atoms with E-state index < -0.39 is 57.9 Å². The smallest absolute Gasteiger partial charge is 0.462 e. The maximum atomic E-state index is 12.6. The van der Waals surface area contributed by atoms with Crippen molar-refractivity contribution in [3.05, 3.63) is 72.9 Å². The summed E-state index contributed by atoms with van der Waals surface area (Å²) in [6, 6.07) is 0. The van der Waals surface area contributed by atoms with Gasteiger partial charge in [0.25, 0.3) is 0 Å². The zero-order valence-corrected chi connectivity index (χ0v) is 34.8. The number of unbranched alkanes of at least 4 members (excludes halogenated alkanes) is 7. The normalized spacial score (nSPS) is 15.8. The molecule has 0 amide bonds. The number of carbonyl (C=O) groups excluding carboxylic acids is 2. The predicted octanol–water partition coefficient (Wildman–Crippen LogP) is 9.32. The van der Waals surface area contributed by atoms with Crippen LogP contribution in [0.3, 0.4) is 0 Å². The summed E-state index contributed by atoms with van der Waals surface area (Å²) in [6.07, 6.45) is 36.5. The summed E-state index contributed by atoms with van der Waals surface area (Å²) in [4.78, 5) is 34.9. The second-order valence-electron chi connectivity index (χ2n) is 13.7. The molecular formula is C43H73O11P. The third kappa shape index (κ3) is 36.7. The summed E-state index contributed by atoms with van der Waals surface area (Å²) in [7, 11) is -4.64. The molecule has 0 rings (SSSR count). The van der Waals surface area contributed by atoms with Gasteiger partial charge in [-0.2, -0.15) is 0 Å². The fraction of sp³-hybridized carbons (Fsp3) is 0.674. The maximum Gasteiger partial charge on any atom is 0.472 e. The standard InChI is InChI=1S/C43H73O11P/c1-4-6-24-30-39(45)31-26-21-17-12-10-8-7-9-11-13-18-22-27-32-42(47)51-36-41(37-53-55(49,50)52-35-40(46)34-44)54-43(48)33-28-23-19-15-14-16-20-25-29-38(3)5-2/h6,8-11,17-18,21-22,24,26,31,38-41,44-46H,4-5,7,12-16,19-20,23,25,27-30,32-37H2,1-3H3,(H,49,50)/b10-8-,11-9-,21-17+,22-18-,24-6-,31-26+/t38?,39?,40-,41+/m0/s1. The van der Waals surface area contributed by atoms with Crippen molar-refractivity contribution >= 4 is 19.8 Å². The van der Waals surface area contributed by atoms with E-state index in [1.165, 1.54) is 38.5 Å². The van der Waals surface area contributed by atoms with Gasteiger partial charge in [-0.3, -0.25) is 18.6 Å². The van der Waals surface area contributed by atoms with Gasteiger partial charge in [0.15, 0.2) is 6.10 Å². The first-order chi connectivity index (χ1) is 26.5. The van der Waals surface area contributed by atoms with Crippen molar-refractivity contribution in [3.63, 3.8) is 0 Å². The molecule has 0 saturated carbocycles. The first-order valence-corrected chi connectivity index (χ1v) is 21.9. The van der Waals surface area contributed by atoms with Gasteiger partial charge in [-0.25, -0.2) is 4.57 Å². The summed E-state index contributed by atoms with van der Waals surface area (Å²) in [6.45, 7) is 4.35. The molecule has 0 spiro atoms. The van der Waals surface area contributed by atoms with E-state index in [1.807, 2.05) is 48.6 Å². The van der Waals surface area contributed by atoms with Crippen LogP contribution in [0.2, 0.25) is 0 Å². The average molecular weight is 797 g/mol. The van der Waals surface area contributed by atoms with Crippen LogP contribution in [0.5, 0.6) is 0 Å². The fourth-order valence-electron chi connectivity index (χ4n) is 4.96. The zero-order chi connectivity index (χ0) is 40.8. The largest absolute Gasteiger partial charge is 0.472 e. The van der Waals surface area contributed by atoms with Gasteiger partial charge in [0.2, 0.25) is 0 Å². The van der Waals surface area contributed by atoms with E-state index >= 15 is 0 Å². The molecule has 12 heteroatoms. The number of ether oxygens (including phenoxy) is 2. The first-order valence-electron chi connectivity index (χ1n) is 20.4. The van der Waals surface area contributed by atoms with Crippen LogP contribution in [0.25, 0.3) is 0 Å². The van der Waals surface area contributed by atoms with Gasteiger partial charge in [-0.15, -0.1) is 0 Å². The Kier molecular flexibility index (Phi) is 35.2. The number of hydrogen-bond donors (Lipinski definition) is 4. The molecule has 0 radical (unpaired) electrons. The van der Waals surface area contributed by atoms with Crippen molar-refractivity contribution in [2.24, 2.45) is 5.92 Å². The minimum absolute atomic E-state index is 0.0978. The van der Waals surface area contributed by atoms with E-state index in [4.69, 9.17) is 19.1 Å². The Labute approximate surface area is 331 Å². The van der Waals surface area contributed by atoms with Crippen molar-refractivity contribution in [2.45, 2.75) is 155 Å². The van der Waals surface area contributed by atoms with Crippen LogP contribution in [0.15, 0.2) is 72.9 Å². The Bertz CT molecular complexity index is 1180. The Hall–Kier alpha value is -2.63. The van der Waals surface area contributed by atoms with Gasteiger partial charge >= 0.3 is 19.8 Å². The number of rotatable bonds is 36. The topological polar surface area (TPSA) is 169 Å². The predicted molar refractivity (Wildman–Crippen MR) is 220 cm³/mol. The van der Waals surface area contributed by atoms with E-state index in [-0.39, 0.29) is 19.4 Å². The molecule has 4 N–H and O–H groups in total. The van der Waals surface area contributed by atoms with E-state index in [1.54, 1.807) is 6.08 Å². The highest BCUT2D eigenvalue weighted by Gasteiger charge is 2.27. The van der Waals surface area contributed by atoms with Gasteiger partial charge in [-0.1, -0.05) is 151 Å². The Morgan fingerprint density at radius 3 is 1.93 bits per heavy atom. The molecule has 5 atom stereocenters. The first kappa shape index (κ1) is 52.4. The van der Waals surface area contributed by atoms with Crippen LogP contribution in [0, 0.1) is 5.92 Å². The number of allylic oxidation sites excluding steroid dienone is 10. The van der Waals surface area contributed by atoms with E-state index in [9.17, 15) is 29.3 Å². The molecular weight excluding hydrogens is 723 g/mol. The second-order valence-corrected chi connectivity index (χ2v) is 15.2. The molecule has 0 aliphatic rings. The molecule has 0 fully saturated rings. The number of hydrogen-bond acceptors (Lipinski definition) is 10. The van der Waals surface area contributed by atoms with Crippen molar-refractivity contribution in [1.82, 2.24) is 0 Å². The lowest BCUT2D eigenvalue weighted by Gasteiger charge is -2.20. The van der Waals surface area contributed by atoms with Crippen LogP contribution in [-0.2, 0) is 32.7 Å². The van der Waals surface area contributed by atoms with Crippen LogP contribution < -0.4 is 0 Å². The number of phosphoric acid groups is 1. The van der Waals surface area contributed by atoms with Crippen LogP contribution in [0.1, 0.15) is 136 Å². The molecule has 0 aliphatic heterocycles. The van der Waals surface area contributed by atoms with Crippen LogP contribution >= 0.6 is 7.82 Å².